The third kappa shape index (κ3) is 2.83. The average molecular weight is 238 g/mol. The molecule has 16 heavy (non-hydrogen) atoms. The fourth-order valence-corrected chi connectivity index (χ4v) is 2.97. The van der Waals surface area contributed by atoms with Gasteiger partial charge < -0.3 is 5.73 Å². The van der Waals surface area contributed by atoms with Crippen LogP contribution in [0, 0.1) is 0 Å². The number of amides is 1. The molecule has 3 N–H and O–H groups in total. The summed E-state index contributed by atoms with van der Waals surface area (Å²) in [5, 5.41) is 7.36. The summed E-state index contributed by atoms with van der Waals surface area (Å²) in [6.07, 6.45) is 6.15. The third-order valence-corrected chi connectivity index (χ3v) is 3.87. The summed E-state index contributed by atoms with van der Waals surface area (Å²) < 4.78 is 0. The molecule has 0 spiro atoms. The van der Waals surface area contributed by atoms with E-state index in [4.69, 9.17) is 5.73 Å². The molecule has 0 radical (unpaired) electrons. The summed E-state index contributed by atoms with van der Waals surface area (Å²) >= 11 is 1.60. The van der Waals surface area contributed by atoms with E-state index in [0.717, 1.165) is 18.4 Å². The molecule has 1 amide bonds. The number of hydrogen-bond acceptors (Lipinski definition) is 3. The minimum atomic E-state index is -0.311. The summed E-state index contributed by atoms with van der Waals surface area (Å²) in [6.45, 7) is 0. The number of thiophene rings is 1. The standard InChI is InChI=1S/C12H18N2OS/c13-12(15)11(9-6-7-16-8-9)14-10-4-2-1-3-5-10/h6-8,10-11,14H,1-5H2,(H2,13,15). The van der Waals surface area contributed by atoms with Crippen molar-refractivity contribution >= 4 is 17.2 Å². The highest BCUT2D eigenvalue weighted by Gasteiger charge is 2.23. The summed E-state index contributed by atoms with van der Waals surface area (Å²) in [4.78, 5) is 11.4. The predicted molar refractivity (Wildman–Crippen MR) is 66.3 cm³/mol. The second-order valence-corrected chi connectivity index (χ2v) is 5.17. The van der Waals surface area contributed by atoms with Crippen LogP contribution in [-0.4, -0.2) is 11.9 Å². The molecule has 1 saturated carbocycles. The third-order valence-electron chi connectivity index (χ3n) is 3.17. The van der Waals surface area contributed by atoms with Crippen LogP contribution in [0.25, 0.3) is 0 Å². The van der Waals surface area contributed by atoms with Gasteiger partial charge in [-0.05, 0) is 35.2 Å². The van der Waals surface area contributed by atoms with Gasteiger partial charge in [0.15, 0.2) is 0 Å². The maximum Gasteiger partial charge on any atom is 0.239 e. The first-order valence-corrected chi connectivity index (χ1v) is 6.79. The van der Waals surface area contributed by atoms with Gasteiger partial charge in [0.2, 0.25) is 5.91 Å². The van der Waals surface area contributed by atoms with Gasteiger partial charge in [-0.1, -0.05) is 19.3 Å². The molecule has 1 aliphatic carbocycles. The van der Waals surface area contributed by atoms with Crippen molar-refractivity contribution in [3.63, 3.8) is 0 Å². The van der Waals surface area contributed by atoms with Gasteiger partial charge >= 0.3 is 0 Å². The van der Waals surface area contributed by atoms with Crippen LogP contribution in [0.4, 0.5) is 0 Å². The lowest BCUT2D eigenvalue weighted by molar-refractivity contribution is -0.120. The monoisotopic (exact) mass is 238 g/mol. The number of nitrogens with two attached hydrogens (primary N) is 1. The predicted octanol–water partition coefficient (Wildman–Crippen LogP) is 2.20. The van der Waals surface area contributed by atoms with Gasteiger partial charge in [-0.3, -0.25) is 10.1 Å². The van der Waals surface area contributed by atoms with Crippen LogP contribution in [0.15, 0.2) is 16.8 Å². The van der Waals surface area contributed by atoms with Crippen LogP contribution in [-0.2, 0) is 4.79 Å². The average Bonchev–Trinajstić information content (AvgIpc) is 2.80. The smallest absolute Gasteiger partial charge is 0.239 e. The molecule has 1 heterocycles. The highest BCUT2D eigenvalue weighted by Crippen LogP contribution is 2.22. The Balaban J connectivity index is 2.00. The molecule has 1 atom stereocenters. The first-order valence-electron chi connectivity index (χ1n) is 5.85. The van der Waals surface area contributed by atoms with E-state index in [0.29, 0.717) is 6.04 Å². The molecule has 1 aliphatic rings. The zero-order chi connectivity index (χ0) is 11.4. The Kier molecular flexibility index (Phi) is 3.96. The van der Waals surface area contributed by atoms with E-state index < -0.39 is 0 Å². The van der Waals surface area contributed by atoms with E-state index >= 15 is 0 Å². The Bertz CT molecular complexity index is 331. The second kappa shape index (κ2) is 5.46. The van der Waals surface area contributed by atoms with Crippen molar-refractivity contribution in [3.05, 3.63) is 22.4 Å². The Morgan fingerprint density at radius 1 is 1.44 bits per heavy atom. The fourth-order valence-electron chi connectivity index (χ4n) is 2.29. The lowest BCUT2D eigenvalue weighted by atomic mass is 9.94. The van der Waals surface area contributed by atoms with Gasteiger partial charge in [-0.2, -0.15) is 11.3 Å². The van der Waals surface area contributed by atoms with Crippen LogP contribution in [0.1, 0.15) is 43.7 Å². The van der Waals surface area contributed by atoms with Crippen LogP contribution in [0.2, 0.25) is 0 Å². The Morgan fingerprint density at radius 2 is 2.19 bits per heavy atom. The van der Waals surface area contributed by atoms with E-state index in [1.807, 2.05) is 16.8 Å². The van der Waals surface area contributed by atoms with Gasteiger partial charge in [0, 0.05) is 6.04 Å². The van der Waals surface area contributed by atoms with Crippen molar-refractivity contribution in [1.29, 1.82) is 0 Å². The van der Waals surface area contributed by atoms with Crippen LogP contribution >= 0.6 is 11.3 Å². The van der Waals surface area contributed by atoms with Gasteiger partial charge in [0.1, 0.15) is 6.04 Å². The number of rotatable bonds is 4. The second-order valence-electron chi connectivity index (χ2n) is 4.39. The molecule has 1 aromatic heterocycles. The van der Waals surface area contributed by atoms with E-state index in [9.17, 15) is 4.79 Å². The largest absolute Gasteiger partial charge is 0.368 e. The Labute approximate surface area is 100 Å². The van der Waals surface area contributed by atoms with Crippen LogP contribution < -0.4 is 11.1 Å². The first kappa shape index (κ1) is 11.6. The van der Waals surface area contributed by atoms with Crippen molar-refractivity contribution in [1.82, 2.24) is 5.32 Å². The SMILES string of the molecule is NC(=O)C(NC1CCCCC1)c1ccsc1. The molecule has 88 valence electrons. The number of carbonyl (C=O) groups is 1. The normalized spacial score (nSPS) is 19.5. The first-order chi connectivity index (χ1) is 7.77. The number of nitrogens with one attached hydrogen (secondary N) is 1. The molecule has 4 heteroatoms. The highest BCUT2D eigenvalue weighted by molar-refractivity contribution is 7.08. The highest BCUT2D eigenvalue weighted by atomic mass is 32.1. The lowest BCUT2D eigenvalue weighted by Gasteiger charge is -2.26. The zero-order valence-electron chi connectivity index (χ0n) is 9.32. The lowest BCUT2D eigenvalue weighted by Crippen LogP contribution is -2.40. The van der Waals surface area contributed by atoms with E-state index in [1.54, 1.807) is 11.3 Å². The minimum Gasteiger partial charge on any atom is -0.368 e. The number of primary amides is 1. The molecule has 1 fully saturated rings. The molecule has 0 aromatic carbocycles. The summed E-state index contributed by atoms with van der Waals surface area (Å²) in [5.74, 6) is -0.274. The van der Waals surface area contributed by atoms with Crippen molar-refractivity contribution in [2.24, 2.45) is 5.73 Å². The van der Waals surface area contributed by atoms with Gasteiger partial charge in [-0.25, -0.2) is 0 Å². The zero-order valence-corrected chi connectivity index (χ0v) is 10.1. The molecule has 0 bridgehead atoms. The Morgan fingerprint density at radius 3 is 2.75 bits per heavy atom. The molecular weight excluding hydrogens is 220 g/mol. The number of carbonyl (C=O) groups excluding carboxylic acids is 1. The molecule has 0 aliphatic heterocycles. The van der Waals surface area contributed by atoms with E-state index in [-0.39, 0.29) is 11.9 Å². The maximum absolute atomic E-state index is 11.4. The Hall–Kier alpha value is -0.870. The quantitative estimate of drug-likeness (QED) is 0.845. The van der Waals surface area contributed by atoms with Crippen molar-refractivity contribution in [3.8, 4) is 0 Å². The van der Waals surface area contributed by atoms with Crippen molar-refractivity contribution < 1.29 is 4.79 Å². The topological polar surface area (TPSA) is 55.1 Å². The molecule has 0 saturated heterocycles. The minimum absolute atomic E-state index is 0.274. The van der Waals surface area contributed by atoms with Gasteiger partial charge in [-0.15, -0.1) is 0 Å². The summed E-state index contributed by atoms with van der Waals surface area (Å²) in [5.41, 5.74) is 6.45. The molecule has 1 unspecified atom stereocenters. The summed E-state index contributed by atoms with van der Waals surface area (Å²) in [7, 11) is 0. The molecular formula is C12H18N2OS. The van der Waals surface area contributed by atoms with Crippen LogP contribution in [0.5, 0.6) is 0 Å². The van der Waals surface area contributed by atoms with Crippen molar-refractivity contribution in [2.45, 2.75) is 44.2 Å². The maximum atomic E-state index is 11.4. The fraction of sp³-hybridized carbons (Fsp3) is 0.583. The summed E-state index contributed by atoms with van der Waals surface area (Å²) in [6, 6.07) is 2.11. The molecule has 2 rings (SSSR count). The van der Waals surface area contributed by atoms with E-state index in [1.165, 1.54) is 19.3 Å². The number of hydrogen-bond donors (Lipinski definition) is 2. The van der Waals surface area contributed by atoms with Crippen molar-refractivity contribution in [2.75, 3.05) is 0 Å². The molecule has 3 nitrogen and oxygen atoms in total. The van der Waals surface area contributed by atoms with Crippen LogP contribution in [0.3, 0.4) is 0 Å². The van der Waals surface area contributed by atoms with Gasteiger partial charge in [0.05, 0.1) is 0 Å². The van der Waals surface area contributed by atoms with E-state index in [2.05, 4.69) is 5.32 Å². The molecule has 1 aromatic rings. The van der Waals surface area contributed by atoms with Gasteiger partial charge in [0.25, 0.3) is 0 Å².